The van der Waals surface area contributed by atoms with E-state index in [4.69, 9.17) is 34.8 Å². The Morgan fingerprint density at radius 1 is 1.10 bits per heavy atom. The number of anilines is 1. The van der Waals surface area contributed by atoms with Gasteiger partial charge in [0.2, 0.25) is 3.79 Å². The molecule has 0 fully saturated rings. The van der Waals surface area contributed by atoms with Gasteiger partial charge in [-0.2, -0.15) is 0 Å². The first-order valence-electron chi connectivity index (χ1n) is 6.06. The summed E-state index contributed by atoms with van der Waals surface area (Å²) in [6, 6.07) is 12.4. The number of amides is 1. The van der Waals surface area contributed by atoms with E-state index in [1.807, 2.05) is 18.2 Å². The number of para-hydroxylation sites is 1. The summed E-state index contributed by atoms with van der Waals surface area (Å²) in [5.74, 6) is -0.386. The molecular weight excluding hydrogens is 333 g/mol. The maximum Gasteiger partial charge on any atom is 0.254 e. The third-order valence-electron chi connectivity index (χ3n) is 2.61. The van der Waals surface area contributed by atoms with Crippen LogP contribution in [0, 0.1) is 0 Å². The van der Waals surface area contributed by atoms with Gasteiger partial charge in [-0.3, -0.25) is 9.78 Å². The molecule has 0 aliphatic carbocycles. The van der Waals surface area contributed by atoms with Gasteiger partial charge in [0.25, 0.3) is 5.91 Å². The maximum absolute atomic E-state index is 12.1. The van der Waals surface area contributed by atoms with Gasteiger partial charge in [-0.25, -0.2) is 0 Å². The highest BCUT2D eigenvalue weighted by molar-refractivity contribution is 6.68. The summed E-state index contributed by atoms with van der Waals surface area (Å²) in [4.78, 5) is 16.0. The van der Waals surface area contributed by atoms with Crippen molar-refractivity contribution in [1.29, 1.82) is 0 Å². The molecule has 0 radical (unpaired) electrons. The summed E-state index contributed by atoms with van der Waals surface area (Å²) < 4.78 is -1.71. The van der Waals surface area contributed by atoms with E-state index in [1.165, 1.54) is 6.20 Å². The number of nitrogens with one attached hydrogen (secondary N) is 2. The SMILES string of the molecule is O=C(N[C@H](Nc1ccccc1)C(Cl)(Cl)Cl)c1cccnc1. The van der Waals surface area contributed by atoms with Gasteiger partial charge in [-0.1, -0.05) is 53.0 Å². The first-order valence-corrected chi connectivity index (χ1v) is 7.19. The molecule has 0 saturated heterocycles. The highest BCUT2D eigenvalue weighted by atomic mass is 35.6. The van der Waals surface area contributed by atoms with E-state index in [-0.39, 0.29) is 5.91 Å². The number of hydrogen-bond acceptors (Lipinski definition) is 3. The lowest BCUT2D eigenvalue weighted by Gasteiger charge is -2.27. The standard InChI is InChI=1S/C14H12Cl3N3O/c15-14(16,17)13(19-11-6-2-1-3-7-11)20-12(21)10-5-4-8-18-9-10/h1-9,13,19H,(H,20,21)/t13-/m0/s1. The lowest BCUT2D eigenvalue weighted by atomic mass is 10.2. The fourth-order valence-corrected chi connectivity index (χ4v) is 1.94. The third kappa shape index (κ3) is 4.77. The van der Waals surface area contributed by atoms with Crippen LogP contribution in [0.3, 0.4) is 0 Å². The zero-order valence-electron chi connectivity index (χ0n) is 10.8. The van der Waals surface area contributed by atoms with Crippen molar-refractivity contribution in [1.82, 2.24) is 10.3 Å². The first-order chi connectivity index (χ1) is 9.97. The Morgan fingerprint density at radius 3 is 2.38 bits per heavy atom. The van der Waals surface area contributed by atoms with Crippen LogP contribution in [0.25, 0.3) is 0 Å². The molecule has 0 aliphatic rings. The number of halogens is 3. The van der Waals surface area contributed by atoms with Crippen LogP contribution in [-0.4, -0.2) is 20.8 Å². The number of benzene rings is 1. The topological polar surface area (TPSA) is 54.0 Å². The van der Waals surface area contributed by atoms with E-state index in [0.29, 0.717) is 5.56 Å². The van der Waals surface area contributed by atoms with Crippen LogP contribution in [0.2, 0.25) is 0 Å². The number of alkyl halides is 3. The molecule has 1 heterocycles. The highest BCUT2D eigenvalue weighted by Gasteiger charge is 2.34. The molecule has 110 valence electrons. The summed E-state index contributed by atoms with van der Waals surface area (Å²) in [5, 5.41) is 5.61. The number of rotatable bonds is 4. The fourth-order valence-electron chi connectivity index (χ4n) is 1.61. The van der Waals surface area contributed by atoms with Gasteiger partial charge in [0, 0.05) is 18.1 Å². The maximum atomic E-state index is 12.1. The zero-order valence-corrected chi connectivity index (χ0v) is 13.0. The highest BCUT2D eigenvalue weighted by Crippen LogP contribution is 2.31. The Hall–Kier alpha value is -1.49. The van der Waals surface area contributed by atoms with Crippen molar-refractivity contribution >= 4 is 46.4 Å². The minimum Gasteiger partial charge on any atom is -0.362 e. The average molecular weight is 345 g/mol. The van der Waals surface area contributed by atoms with Crippen molar-refractivity contribution in [2.75, 3.05) is 5.32 Å². The summed E-state index contributed by atoms with van der Waals surface area (Å²) in [6.45, 7) is 0. The van der Waals surface area contributed by atoms with Crippen LogP contribution >= 0.6 is 34.8 Å². The van der Waals surface area contributed by atoms with Crippen LogP contribution < -0.4 is 10.6 Å². The molecule has 0 saturated carbocycles. The molecule has 4 nitrogen and oxygen atoms in total. The molecule has 0 aliphatic heterocycles. The van der Waals surface area contributed by atoms with Gasteiger partial charge >= 0.3 is 0 Å². The van der Waals surface area contributed by atoms with Crippen molar-refractivity contribution in [3.05, 3.63) is 60.4 Å². The predicted octanol–water partition coefficient (Wildman–Crippen LogP) is 3.62. The van der Waals surface area contributed by atoms with Crippen molar-refractivity contribution in [2.24, 2.45) is 0 Å². The zero-order chi connectivity index (χ0) is 15.3. The van der Waals surface area contributed by atoms with Gasteiger partial charge in [0.05, 0.1) is 5.56 Å². The number of pyridine rings is 1. The summed E-state index contributed by atoms with van der Waals surface area (Å²) in [5.41, 5.74) is 1.10. The molecule has 0 bridgehead atoms. The molecule has 2 aromatic rings. The summed E-state index contributed by atoms with van der Waals surface area (Å²) in [6.07, 6.45) is 2.12. The van der Waals surface area contributed by atoms with Gasteiger partial charge in [0.1, 0.15) is 6.17 Å². The number of aromatic nitrogens is 1. The predicted molar refractivity (Wildman–Crippen MR) is 85.8 cm³/mol. The van der Waals surface area contributed by atoms with E-state index in [2.05, 4.69) is 15.6 Å². The van der Waals surface area contributed by atoms with Crippen molar-refractivity contribution in [3.63, 3.8) is 0 Å². The molecule has 2 rings (SSSR count). The van der Waals surface area contributed by atoms with E-state index in [0.717, 1.165) is 5.69 Å². The Bertz CT molecular complexity index is 587. The molecule has 7 heteroatoms. The molecule has 0 unspecified atom stereocenters. The number of hydrogen-bond donors (Lipinski definition) is 2. The Labute approximate surface area is 137 Å². The Balaban J connectivity index is 2.12. The second-order valence-corrected chi connectivity index (χ2v) is 6.57. The van der Waals surface area contributed by atoms with Crippen LogP contribution in [-0.2, 0) is 0 Å². The van der Waals surface area contributed by atoms with Crippen LogP contribution in [0.15, 0.2) is 54.9 Å². The van der Waals surface area contributed by atoms with Crippen molar-refractivity contribution < 1.29 is 4.79 Å². The quantitative estimate of drug-likeness (QED) is 0.658. The van der Waals surface area contributed by atoms with Crippen LogP contribution in [0.5, 0.6) is 0 Å². The molecule has 21 heavy (non-hydrogen) atoms. The van der Waals surface area contributed by atoms with Gasteiger partial charge in [-0.15, -0.1) is 0 Å². The molecule has 1 aromatic heterocycles. The first kappa shape index (κ1) is 15.9. The minimum atomic E-state index is -1.71. The van der Waals surface area contributed by atoms with E-state index < -0.39 is 9.96 Å². The summed E-state index contributed by atoms with van der Waals surface area (Å²) >= 11 is 17.8. The second-order valence-electron chi connectivity index (χ2n) is 4.20. The molecule has 1 amide bonds. The molecule has 0 spiro atoms. The monoisotopic (exact) mass is 343 g/mol. The molecule has 1 aromatic carbocycles. The Kier molecular flexibility index (Phi) is 5.28. The van der Waals surface area contributed by atoms with Gasteiger partial charge < -0.3 is 10.6 Å². The third-order valence-corrected chi connectivity index (χ3v) is 3.27. The largest absolute Gasteiger partial charge is 0.362 e. The summed E-state index contributed by atoms with van der Waals surface area (Å²) in [7, 11) is 0. The van der Waals surface area contributed by atoms with Gasteiger partial charge in [0.15, 0.2) is 0 Å². The average Bonchev–Trinajstić information content (AvgIpc) is 2.47. The second kappa shape index (κ2) is 6.98. The fraction of sp³-hybridized carbons (Fsp3) is 0.143. The normalized spacial score (nSPS) is 12.5. The number of carbonyl (C=O) groups is 1. The molecular formula is C14H12Cl3N3O. The van der Waals surface area contributed by atoms with Crippen molar-refractivity contribution in [2.45, 2.75) is 9.96 Å². The number of nitrogens with zero attached hydrogens (tertiary/aromatic N) is 1. The number of carbonyl (C=O) groups excluding carboxylic acids is 1. The minimum absolute atomic E-state index is 0.381. The molecule has 2 N–H and O–H groups in total. The van der Waals surface area contributed by atoms with Crippen molar-refractivity contribution in [3.8, 4) is 0 Å². The van der Waals surface area contributed by atoms with E-state index in [9.17, 15) is 4.79 Å². The molecule has 1 atom stereocenters. The lowest BCUT2D eigenvalue weighted by molar-refractivity contribution is 0.0941. The lowest BCUT2D eigenvalue weighted by Crippen LogP contribution is -2.49. The smallest absolute Gasteiger partial charge is 0.254 e. The van der Waals surface area contributed by atoms with Gasteiger partial charge in [-0.05, 0) is 24.3 Å². The van der Waals surface area contributed by atoms with E-state index >= 15 is 0 Å². The van der Waals surface area contributed by atoms with Crippen LogP contribution in [0.4, 0.5) is 5.69 Å². The Morgan fingerprint density at radius 2 is 1.81 bits per heavy atom. The van der Waals surface area contributed by atoms with Crippen LogP contribution in [0.1, 0.15) is 10.4 Å². The van der Waals surface area contributed by atoms with E-state index in [1.54, 1.807) is 30.5 Å².